The highest BCUT2D eigenvalue weighted by atomic mass is 79.9. The van der Waals surface area contributed by atoms with Crippen LogP contribution in [0.2, 0.25) is 0 Å². The Morgan fingerprint density at radius 3 is 2.95 bits per heavy atom. The fourth-order valence-electron chi connectivity index (χ4n) is 1.74. The molecule has 0 fully saturated rings. The first-order chi connectivity index (χ1) is 9.56. The van der Waals surface area contributed by atoms with E-state index in [9.17, 15) is 4.79 Å². The molecule has 7 heteroatoms. The van der Waals surface area contributed by atoms with E-state index in [1.807, 2.05) is 38.1 Å². The van der Waals surface area contributed by atoms with E-state index in [0.717, 1.165) is 10.2 Å². The Morgan fingerprint density at radius 2 is 2.25 bits per heavy atom. The molecule has 20 heavy (non-hydrogen) atoms. The van der Waals surface area contributed by atoms with Gasteiger partial charge in [-0.1, -0.05) is 35.8 Å². The number of hydrogen-bond donors (Lipinski definition) is 1. The molecular weight excluding hydrogens is 322 g/mol. The number of rotatable bonds is 5. The molecule has 1 amide bonds. The lowest BCUT2D eigenvalue weighted by atomic mass is 10.1. The number of benzene rings is 1. The van der Waals surface area contributed by atoms with Crippen LogP contribution in [0.3, 0.4) is 0 Å². The highest BCUT2D eigenvalue weighted by molar-refractivity contribution is 9.10. The van der Waals surface area contributed by atoms with Crippen molar-refractivity contribution in [2.24, 2.45) is 5.92 Å². The number of hydrogen-bond acceptors (Lipinski definition) is 4. The Kier molecular flexibility index (Phi) is 4.84. The molecule has 1 aromatic heterocycles. The lowest BCUT2D eigenvalue weighted by molar-refractivity contribution is -0.122. The van der Waals surface area contributed by atoms with Crippen LogP contribution in [-0.4, -0.2) is 26.1 Å². The number of tetrazole rings is 1. The van der Waals surface area contributed by atoms with Crippen LogP contribution in [0, 0.1) is 5.92 Å². The van der Waals surface area contributed by atoms with Crippen molar-refractivity contribution in [1.82, 2.24) is 25.5 Å². The van der Waals surface area contributed by atoms with E-state index in [1.165, 1.54) is 0 Å². The van der Waals surface area contributed by atoms with Crippen LogP contribution in [0.25, 0.3) is 5.69 Å². The molecule has 0 radical (unpaired) electrons. The minimum Gasteiger partial charge on any atom is -0.349 e. The van der Waals surface area contributed by atoms with Crippen LogP contribution >= 0.6 is 15.9 Å². The minimum absolute atomic E-state index is 0.00351. The predicted octanol–water partition coefficient (Wildman–Crippen LogP) is 2.09. The number of carbonyl (C=O) groups excluding carboxylic acids is 1. The fraction of sp³-hybridized carbons (Fsp3) is 0.385. The first-order valence-electron chi connectivity index (χ1n) is 6.36. The maximum Gasteiger partial charge on any atom is 0.220 e. The second-order valence-corrected chi connectivity index (χ2v) is 5.78. The van der Waals surface area contributed by atoms with Crippen molar-refractivity contribution in [3.05, 3.63) is 34.6 Å². The van der Waals surface area contributed by atoms with Gasteiger partial charge < -0.3 is 5.32 Å². The number of aromatic nitrogens is 4. The third kappa shape index (κ3) is 3.86. The standard InChI is InChI=1S/C13H16BrN5O/c1-9(2)6-13(20)15-8-12-16-17-18-19(12)11-5-3-4-10(14)7-11/h3-5,7,9H,6,8H2,1-2H3,(H,15,20). The first-order valence-corrected chi connectivity index (χ1v) is 7.15. The molecule has 1 heterocycles. The maximum absolute atomic E-state index is 11.7. The summed E-state index contributed by atoms with van der Waals surface area (Å²) >= 11 is 3.41. The van der Waals surface area contributed by atoms with Gasteiger partial charge in [0.1, 0.15) is 0 Å². The average Bonchev–Trinajstić information content (AvgIpc) is 2.84. The predicted molar refractivity (Wildman–Crippen MR) is 78.2 cm³/mol. The zero-order valence-corrected chi connectivity index (χ0v) is 13.0. The van der Waals surface area contributed by atoms with Gasteiger partial charge in [0.25, 0.3) is 0 Å². The highest BCUT2D eigenvalue weighted by Gasteiger charge is 2.10. The summed E-state index contributed by atoms with van der Waals surface area (Å²) in [7, 11) is 0. The SMILES string of the molecule is CC(C)CC(=O)NCc1nnnn1-c1cccc(Br)c1. The Morgan fingerprint density at radius 1 is 1.45 bits per heavy atom. The van der Waals surface area contributed by atoms with Gasteiger partial charge in [-0.2, -0.15) is 4.68 Å². The second-order valence-electron chi connectivity index (χ2n) is 4.86. The summed E-state index contributed by atoms with van der Waals surface area (Å²) in [5.74, 6) is 0.931. The van der Waals surface area contributed by atoms with Gasteiger partial charge in [0.05, 0.1) is 12.2 Å². The van der Waals surface area contributed by atoms with Gasteiger partial charge in [0.15, 0.2) is 5.82 Å². The number of halogens is 1. The lowest BCUT2D eigenvalue weighted by Gasteiger charge is -2.08. The molecular formula is C13H16BrN5O. The largest absolute Gasteiger partial charge is 0.349 e. The van der Waals surface area contributed by atoms with Crippen molar-refractivity contribution in [2.75, 3.05) is 0 Å². The van der Waals surface area contributed by atoms with E-state index < -0.39 is 0 Å². The lowest BCUT2D eigenvalue weighted by Crippen LogP contribution is -2.25. The van der Waals surface area contributed by atoms with E-state index >= 15 is 0 Å². The topological polar surface area (TPSA) is 72.7 Å². The smallest absolute Gasteiger partial charge is 0.220 e. The van der Waals surface area contributed by atoms with E-state index in [4.69, 9.17) is 0 Å². The third-order valence-corrected chi connectivity index (χ3v) is 3.12. The minimum atomic E-state index is 0.00351. The van der Waals surface area contributed by atoms with E-state index in [2.05, 4.69) is 36.8 Å². The van der Waals surface area contributed by atoms with Gasteiger partial charge in [-0.3, -0.25) is 4.79 Å². The molecule has 0 aliphatic rings. The van der Waals surface area contributed by atoms with E-state index in [0.29, 0.717) is 24.7 Å². The van der Waals surface area contributed by atoms with Gasteiger partial charge >= 0.3 is 0 Å². The molecule has 0 saturated carbocycles. The van der Waals surface area contributed by atoms with Crippen LogP contribution < -0.4 is 5.32 Å². The van der Waals surface area contributed by atoms with Crippen molar-refractivity contribution in [1.29, 1.82) is 0 Å². The number of carbonyl (C=O) groups is 1. The summed E-state index contributed by atoms with van der Waals surface area (Å²) in [5, 5.41) is 14.4. The monoisotopic (exact) mass is 337 g/mol. The molecule has 0 saturated heterocycles. The molecule has 2 rings (SSSR count). The van der Waals surface area contributed by atoms with Gasteiger partial charge in [0, 0.05) is 10.9 Å². The zero-order valence-electron chi connectivity index (χ0n) is 11.4. The van der Waals surface area contributed by atoms with Crippen LogP contribution in [0.4, 0.5) is 0 Å². The summed E-state index contributed by atoms with van der Waals surface area (Å²) in [6, 6.07) is 7.65. The molecule has 1 aromatic carbocycles. The third-order valence-electron chi connectivity index (χ3n) is 2.62. The Balaban J connectivity index is 2.08. The van der Waals surface area contributed by atoms with Crippen molar-refractivity contribution >= 4 is 21.8 Å². The second kappa shape index (κ2) is 6.60. The summed E-state index contributed by atoms with van der Waals surface area (Å²) < 4.78 is 2.56. The summed E-state index contributed by atoms with van der Waals surface area (Å²) in [4.78, 5) is 11.7. The molecule has 0 aliphatic carbocycles. The molecule has 6 nitrogen and oxygen atoms in total. The Bertz CT molecular complexity index is 596. The van der Waals surface area contributed by atoms with E-state index in [-0.39, 0.29) is 5.91 Å². The molecule has 0 unspecified atom stereocenters. The maximum atomic E-state index is 11.7. The molecule has 2 aromatic rings. The fourth-order valence-corrected chi connectivity index (χ4v) is 2.13. The van der Waals surface area contributed by atoms with Crippen molar-refractivity contribution < 1.29 is 4.79 Å². The summed E-state index contributed by atoms with van der Waals surface area (Å²) in [5.41, 5.74) is 0.845. The molecule has 0 spiro atoms. The van der Waals surface area contributed by atoms with Gasteiger partial charge in [-0.15, -0.1) is 5.10 Å². The number of nitrogens with zero attached hydrogens (tertiary/aromatic N) is 4. The summed E-state index contributed by atoms with van der Waals surface area (Å²) in [6.45, 7) is 4.32. The number of amides is 1. The number of nitrogens with one attached hydrogen (secondary N) is 1. The molecule has 106 valence electrons. The average molecular weight is 338 g/mol. The van der Waals surface area contributed by atoms with Gasteiger partial charge in [-0.25, -0.2) is 0 Å². The molecule has 0 atom stereocenters. The van der Waals surface area contributed by atoms with Gasteiger partial charge in [-0.05, 0) is 34.5 Å². The quantitative estimate of drug-likeness (QED) is 0.906. The highest BCUT2D eigenvalue weighted by Crippen LogP contribution is 2.15. The molecule has 0 aliphatic heterocycles. The van der Waals surface area contributed by atoms with E-state index in [1.54, 1.807) is 4.68 Å². The Hall–Kier alpha value is -1.76. The van der Waals surface area contributed by atoms with Crippen LogP contribution in [0.5, 0.6) is 0 Å². The normalized spacial score (nSPS) is 10.8. The van der Waals surface area contributed by atoms with Crippen molar-refractivity contribution in [3.8, 4) is 5.69 Å². The van der Waals surface area contributed by atoms with Crippen LogP contribution in [0.1, 0.15) is 26.1 Å². The van der Waals surface area contributed by atoms with Crippen molar-refractivity contribution in [2.45, 2.75) is 26.8 Å². The van der Waals surface area contributed by atoms with Crippen molar-refractivity contribution in [3.63, 3.8) is 0 Å². The van der Waals surface area contributed by atoms with Crippen LogP contribution in [-0.2, 0) is 11.3 Å². The summed E-state index contributed by atoms with van der Waals surface area (Å²) in [6.07, 6.45) is 0.498. The molecule has 1 N–H and O–H groups in total. The van der Waals surface area contributed by atoms with Crippen LogP contribution in [0.15, 0.2) is 28.7 Å². The van der Waals surface area contributed by atoms with Gasteiger partial charge in [0.2, 0.25) is 5.91 Å². The first kappa shape index (κ1) is 14.6. The zero-order chi connectivity index (χ0) is 14.5. The Labute approximate surface area is 125 Å². The molecule has 0 bridgehead atoms.